The van der Waals surface area contributed by atoms with Crippen molar-refractivity contribution in [3.8, 4) is 0 Å². The van der Waals surface area contributed by atoms with Gasteiger partial charge >= 0.3 is 0 Å². The second-order valence-electron chi connectivity index (χ2n) is 5.49. The van der Waals surface area contributed by atoms with Gasteiger partial charge in [0, 0.05) is 30.9 Å². The van der Waals surface area contributed by atoms with Crippen LogP contribution in [0.2, 0.25) is 0 Å². The summed E-state index contributed by atoms with van der Waals surface area (Å²) in [5, 5.41) is 5.69. The van der Waals surface area contributed by atoms with Crippen LogP contribution in [0.4, 0.5) is 0 Å². The lowest BCUT2D eigenvalue weighted by Crippen LogP contribution is -2.31. The summed E-state index contributed by atoms with van der Waals surface area (Å²) in [7, 11) is 0. The number of nitrogens with zero attached hydrogens (tertiary/aromatic N) is 2. The Bertz CT molecular complexity index is 479. The summed E-state index contributed by atoms with van der Waals surface area (Å²) in [6.07, 6.45) is 11.1. The van der Waals surface area contributed by atoms with Crippen molar-refractivity contribution in [3.63, 3.8) is 0 Å². The van der Waals surface area contributed by atoms with Crippen molar-refractivity contribution in [1.29, 1.82) is 0 Å². The van der Waals surface area contributed by atoms with E-state index in [0.717, 1.165) is 23.7 Å². The van der Waals surface area contributed by atoms with E-state index in [0.29, 0.717) is 5.41 Å². The number of hydrogen-bond acceptors (Lipinski definition) is 3. The zero-order valence-electron chi connectivity index (χ0n) is 11.0. The van der Waals surface area contributed by atoms with E-state index in [1.807, 2.05) is 0 Å². The second-order valence-corrected chi connectivity index (χ2v) is 6.36. The molecule has 0 spiro atoms. The van der Waals surface area contributed by atoms with Gasteiger partial charge in [-0.15, -0.1) is 11.3 Å². The van der Waals surface area contributed by atoms with Crippen molar-refractivity contribution in [1.82, 2.24) is 14.7 Å². The fraction of sp³-hybridized carbons (Fsp3) is 0.643. The van der Waals surface area contributed by atoms with Gasteiger partial charge in [0.2, 0.25) is 0 Å². The van der Waals surface area contributed by atoms with E-state index in [9.17, 15) is 0 Å². The largest absolute Gasteiger partial charge is 0.311 e. The normalized spacial score (nSPS) is 18.7. The molecule has 3 rings (SSSR count). The van der Waals surface area contributed by atoms with Crippen molar-refractivity contribution in [2.75, 3.05) is 6.54 Å². The number of rotatable bonds is 5. The molecular formula is C14H21N3S. The number of hydrogen-bond donors (Lipinski definition) is 1. The predicted molar refractivity (Wildman–Crippen MR) is 76.0 cm³/mol. The van der Waals surface area contributed by atoms with E-state index in [2.05, 4.69) is 39.4 Å². The average molecular weight is 263 g/mol. The third-order valence-electron chi connectivity index (χ3n) is 4.36. The van der Waals surface area contributed by atoms with Gasteiger partial charge in [0.15, 0.2) is 4.96 Å². The lowest BCUT2D eigenvalue weighted by atomic mass is 9.83. The average Bonchev–Trinajstić information content (AvgIpc) is 3.04. The molecule has 0 amide bonds. The first-order chi connectivity index (χ1) is 8.81. The molecule has 1 aliphatic carbocycles. The fourth-order valence-corrected chi connectivity index (χ4v) is 3.82. The Balaban J connectivity index is 1.56. The van der Waals surface area contributed by atoms with E-state index in [1.165, 1.54) is 32.1 Å². The summed E-state index contributed by atoms with van der Waals surface area (Å²) in [6.45, 7) is 4.38. The molecule has 0 bridgehead atoms. The predicted octanol–water partition coefficient (Wildman–Crippen LogP) is 3.46. The molecule has 0 saturated heterocycles. The number of nitrogens with one attached hydrogen (secondary N) is 1. The van der Waals surface area contributed by atoms with Crippen molar-refractivity contribution in [3.05, 3.63) is 23.5 Å². The van der Waals surface area contributed by atoms with Crippen LogP contribution in [0.15, 0.2) is 17.8 Å². The molecule has 0 unspecified atom stereocenters. The van der Waals surface area contributed by atoms with Crippen LogP contribution in [0.3, 0.4) is 0 Å². The maximum Gasteiger partial charge on any atom is 0.193 e. The van der Waals surface area contributed by atoms with Gasteiger partial charge in [-0.05, 0) is 24.7 Å². The highest BCUT2D eigenvalue weighted by atomic mass is 32.1. The molecule has 98 valence electrons. The van der Waals surface area contributed by atoms with Crippen LogP contribution in [0.25, 0.3) is 4.96 Å². The van der Waals surface area contributed by atoms with Gasteiger partial charge in [-0.3, -0.25) is 4.40 Å². The van der Waals surface area contributed by atoms with Crippen LogP contribution >= 0.6 is 11.3 Å². The summed E-state index contributed by atoms with van der Waals surface area (Å²) < 4.78 is 2.10. The molecule has 2 aromatic heterocycles. The van der Waals surface area contributed by atoms with E-state index in [-0.39, 0.29) is 0 Å². The van der Waals surface area contributed by atoms with Crippen molar-refractivity contribution in [2.24, 2.45) is 5.41 Å². The zero-order chi connectivity index (χ0) is 12.4. The number of fused-ring (bicyclic) bond motifs is 1. The molecule has 1 fully saturated rings. The number of imidazole rings is 1. The second kappa shape index (κ2) is 5.02. The zero-order valence-corrected chi connectivity index (χ0v) is 11.8. The summed E-state index contributed by atoms with van der Waals surface area (Å²) in [5.41, 5.74) is 1.73. The molecule has 2 aromatic rings. The molecule has 4 heteroatoms. The maximum absolute atomic E-state index is 4.60. The van der Waals surface area contributed by atoms with Gasteiger partial charge in [0.1, 0.15) is 0 Å². The highest BCUT2D eigenvalue weighted by Gasteiger charge is 2.31. The summed E-state index contributed by atoms with van der Waals surface area (Å²) >= 11 is 1.69. The molecule has 0 aromatic carbocycles. The number of thiazole rings is 1. The Hall–Kier alpha value is -0.870. The Kier molecular flexibility index (Phi) is 3.39. The van der Waals surface area contributed by atoms with Crippen LogP contribution in [0.5, 0.6) is 0 Å². The fourth-order valence-electron chi connectivity index (χ4n) is 3.10. The minimum absolute atomic E-state index is 0.567. The molecule has 1 aliphatic rings. The van der Waals surface area contributed by atoms with Crippen molar-refractivity contribution in [2.45, 2.75) is 45.6 Å². The van der Waals surface area contributed by atoms with Gasteiger partial charge in [0.25, 0.3) is 0 Å². The smallest absolute Gasteiger partial charge is 0.193 e. The van der Waals surface area contributed by atoms with Gasteiger partial charge in [-0.2, -0.15) is 0 Å². The standard InChI is InChI=1S/C14H21N3S/c1-2-14(5-3-4-6-14)11-15-9-12-10-17-7-8-18-13(17)16-12/h7-8,10,15H,2-6,9,11H2,1H3. The summed E-state index contributed by atoms with van der Waals surface area (Å²) in [5.74, 6) is 0. The molecule has 0 radical (unpaired) electrons. The minimum Gasteiger partial charge on any atom is -0.311 e. The maximum atomic E-state index is 4.60. The summed E-state index contributed by atoms with van der Waals surface area (Å²) in [6, 6.07) is 0. The topological polar surface area (TPSA) is 29.3 Å². The van der Waals surface area contributed by atoms with Gasteiger partial charge < -0.3 is 5.32 Å². The van der Waals surface area contributed by atoms with Crippen LogP contribution < -0.4 is 5.32 Å². The molecule has 0 atom stereocenters. The minimum atomic E-state index is 0.567. The molecule has 18 heavy (non-hydrogen) atoms. The monoisotopic (exact) mass is 263 g/mol. The highest BCUT2D eigenvalue weighted by Crippen LogP contribution is 2.40. The van der Waals surface area contributed by atoms with Crippen LogP contribution in [0, 0.1) is 5.41 Å². The van der Waals surface area contributed by atoms with Crippen LogP contribution in [-0.2, 0) is 6.54 Å². The molecule has 1 N–H and O–H groups in total. The molecule has 2 heterocycles. The highest BCUT2D eigenvalue weighted by molar-refractivity contribution is 7.15. The van der Waals surface area contributed by atoms with Crippen molar-refractivity contribution >= 4 is 16.3 Å². The van der Waals surface area contributed by atoms with Gasteiger partial charge in [-0.1, -0.05) is 19.8 Å². The van der Waals surface area contributed by atoms with Crippen molar-refractivity contribution < 1.29 is 0 Å². The van der Waals surface area contributed by atoms with Gasteiger partial charge in [-0.25, -0.2) is 4.98 Å². The third kappa shape index (κ3) is 2.31. The Morgan fingerprint density at radius 3 is 3.00 bits per heavy atom. The lowest BCUT2D eigenvalue weighted by molar-refractivity contribution is 0.268. The summed E-state index contributed by atoms with van der Waals surface area (Å²) in [4.78, 5) is 5.70. The first kappa shape index (κ1) is 12.2. The Morgan fingerprint density at radius 2 is 2.28 bits per heavy atom. The van der Waals surface area contributed by atoms with Crippen LogP contribution in [0.1, 0.15) is 44.7 Å². The SMILES string of the molecule is CCC1(CNCc2cn3ccsc3n2)CCCC1. The van der Waals surface area contributed by atoms with E-state index in [1.54, 1.807) is 11.3 Å². The lowest BCUT2D eigenvalue weighted by Gasteiger charge is -2.27. The van der Waals surface area contributed by atoms with E-state index < -0.39 is 0 Å². The first-order valence-corrected chi connectivity index (χ1v) is 7.81. The first-order valence-electron chi connectivity index (χ1n) is 6.93. The molecular weight excluding hydrogens is 242 g/mol. The Morgan fingerprint density at radius 1 is 1.44 bits per heavy atom. The quantitative estimate of drug-likeness (QED) is 0.895. The molecule has 0 aliphatic heterocycles. The van der Waals surface area contributed by atoms with Gasteiger partial charge in [0.05, 0.1) is 5.69 Å². The molecule has 1 saturated carbocycles. The molecule has 3 nitrogen and oxygen atoms in total. The number of aromatic nitrogens is 2. The Labute approximate surface area is 112 Å². The van der Waals surface area contributed by atoms with E-state index in [4.69, 9.17) is 0 Å². The van der Waals surface area contributed by atoms with E-state index >= 15 is 0 Å². The third-order valence-corrected chi connectivity index (χ3v) is 5.13. The van der Waals surface area contributed by atoms with Crippen LogP contribution in [-0.4, -0.2) is 15.9 Å².